The lowest BCUT2D eigenvalue weighted by Gasteiger charge is -2.20. The second kappa shape index (κ2) is 6.84. The summed E-state index contributed by atoms with van der Waals surface area (Å²) >= 11 is 0. The van der Waals surface area contributed by atoms with Crippen molar-refractivity contribution in [1.82, 2.24) is 5.01 Å². The van der Waals surface area contributed by atoms with Crippen LogP contribution in [0.4, 0.5) is 0 Å². The summed E-state index contributed by atoms with van der Waals surface area (Å²) in [5, 5.41) is 6.06. The molecule has 1 amide bonds. The first-order valence-electron chi connectivity index (χ1n) is 7.05. The first-order chi connectivity index (χ1) is 10.2. The fourth-order valence-corrected chi connectivity index (χ4v) is 2.39. The number of rotatable bonds is 4. The van der Waals surface area contributed by atoms with Gasteiger partial charge in [0.2, 0.25) is 5.91 Å². The maximum absolute atomic E-state index is 11.9. The third-order valence-corrected chi connectivity index (χ3v) is 3.44. The minimum Gasteiger partial charge on any atom is -0.273 e. The number of hydrazone groups is 1. The Morgan fingerprint density at radius 2 is 2.10 bits per heavy atom. The Morgan fingerprint density at radius 3 is 2.67 bits per heavy atom. The number of hydrogen-bond acceptors (Lipinski definition) is 2. The Kier molecular flexibility index (Phi) is 4.88. The lowest BCUT2D eigenvalue weighted by molar-refractivity contribution is -0.130. The molecule has 0 aromatic heterocycles. The lowest BCUT2D eigenvalue weighted by atomic mass is 9.98. The van der Waals surface area contributed by atoms with E-state index in [0.29, 0.717) is 6.42 Å². The van der Waals surface area contributed by atoms with Crippen LogP contribution < -0.4 is 0 Å². The molecular formula is C18H20N2O. The Morgan fingerprint density at radius 1 is 1.38 bits per heavy atom. The van der Waals surface area contributed by atoms with Gasteiger partial charge in [-0.05, 0) is 18.1 Å². The average Bonchev–Trinajstić information content (AvgIpc) is 2.94. The topological polar surface area (TPSA) is 32.7 Å². The number of hydrogen-bond donors (Lipinski definition) is 0. The van der Waals surface area contributed by atoms with E-state index in [-0.39, 0.29) is 11.9 Å². The smallest absolute Gasteiger partial charge is 0.240 e. The molecule has 1 unspecified atom stereocenters. The number of amides is 1. The second-order valence-corrected chi connectivity index (χ2v) is 4.89. The molecule has 0 bridgehead atoms. The van der Waals surface area contributed by atoms with Crippen molar-refractivity contribution in [2.45, 2.75) is 26.3 Å². The molecule has 1 aliphatic heterocycles. The largest absolute Gasteiger partial charge is 0.273 e. The molecule has 1 aromatic rings. The monoisotopic (exact) mass is 280 g/mol. The maximum Gasteiger partial charge on any atom is 0.240 e. The van der Waals surface area contributed by atoms with Gasteiger partial charge in [-0.2, -0.15) is 5.10 Å². The van der Waals surface area contributed by atoms with E-state index in [2.05, 4.69) is 11.7 Å². The number of benzene rings is 1. The number of carbonyl (C=O) groups excluding carboxylic acids is 1. The molecule has 21 heavy (non-hydrogen) atoms. The highest BCUT2D eigenvalue weighted by Gasteiger charge is 2.31. The number of nitrogens with zero attached hydrogens (tertiary/aromatic N) is 2. The first kappa shape index (κ1) is 15.0. The van der Waals surface area contributed by atoms with Gasteiger partial charge in [-0.15, -0.1) is 0 Å². The molecule has 0 N–H and O–H groups in total. The van der Waals surface area contributed by atoms with Crippen molar-refractivity contribution in [1.29, 1.82) is 0 Å². The highest BCUT2D eigenvalue weighted by molar-refractivity contribution is 6.04. The van der Waals surface area contributed by atoms with Crippen molar-refractivity contribution >= 4 is 11.6 Å². The van der Waals surface area contributed by atoms with Crippen LogP contribution in [0.15, 0.2) is 71.9 Å². The molecule has 1 aliphatic rings. The van der Waals surface area contributed by atoms with Crippen LogP contribution in [0, 0.1) is 0 Å². The fourth-order valence-electron chi connectivity index (χ4n) is 2.39. The zero-order valence-electron chi connectivity index (χ0n) is 12.5. The molecule has 1 aromatic carbocycles. The van der Waals surface area contributed by atoms with Gasteiger partial charge >= 0.3 is 0 Å². The van der Waals surface area contributed by atoms with Crippen LogP contribution >= 0.6 is 0 Å². The minimum absolute atomic E-state index is 0.0346. The van der Waals surface area contributed by atoms with Crippen LogP contribution in [0.25, 0.3) is 0 Å². The van der Waals surface area contributed by atoms with Crippen LogP contribution in [0.1, 0.15) is 31.9 Å². The third-order valence-electron chi connectivity index (χ3n) is 3.44. The summed E-state index contributed by atoms with van der Waals surface area (Å²) in [5.74, 6) is -0.0479. The van der Waals surface area contributed by atoms with Crippen molar-refractivity contribution < 1.29 is 4.79 Å². The standard InChI is InChI=1S/C18H20N2O/c1-4-6-10-15(5-2)17-13-18(20(19-17)14(3)21)16-11-8-7-9-12-16/h4-12,18H,2,13H2,1,3H3/b6-4-,15-10+. The molecule has 108 valence electrons. The van der Waals surface area contributed by atoms with Gasteiger partial charge in [-0.25, -0.2) is 5.01 Å². The quantitative estimate of drug-likeness (QED) is 0.767. The van der Waals surface area contributed by atoms with E-state index in [4.69, 9.17) is 0 Å². The highest BCUT2D eigenvalue weighted by Crippen LogP contribution is 2.32. The van der Waals surface area contributed by atoms with E-state index in [9.17, 15) is 4.79 Å². The van der Waals surface area contributed by atoms with Crippen molar-refractivity contribution in [3.63, 3.8) is 0 Å². The fraction of sp³-hybridized carbons (Fsp3) is 0.222. The molecule has 1 heterocycles. The minimum atomic E-state index is -0.0479. The zero-order valence-corrected chi connectivity index (χ0v) is 12.5. The molecule has 0 radical (unpaired) electrons. The summed E-state index contributed by atoms with van der Waals surface area (Å²) in [7, 11) is 0. The SMILES string of the molecule is C=C/C(=C\C=C/C)C1=NN(C(C)=O)C(c2ccccc2)C1. The van der Waals surface area contributed by atoms with Crippen molar-refractivity contribution in [2.75, 3.05) is 0 Å². The predicted molar refractivity (Wildman–Crippen MR) is 86.8 cm³/mol. The molecule has 3 heteroatoms. The molecule has 0 aliphatic carbocycles. The summed E-state index contributed by atoms with van der Waals surface area (Å²) < 4.78 is 0. The summed E-state index contributed by atoms with van der Waals surface area (Å²) in [4.78, 5) is 11.9. The third kappa shape index (κ3) is 3.37. The molecule has 1 atom stereocenters. The van der Waals surface area contributed by atoms with E-state index < -0.39 is 0 Å². The molecule has 0 saturated carbocycles. The lowest BCUT2D eigenvalue weighted by Crippen LogP contribution is -2.24. The maximum atomic E-state index is 11.9. The van der Waals surface area contributed by atoms with Crippen LogP contribution in [0.2, 0.25) is 0 Å². The van der Waals surface area contributed by atoms with E-state index >= 15 is 0 Å². The predicted octanol–water partition coefficient (Wildman–Crippen LogP) is 4.02. The van der Waals surface area contributed by atoms with E-state index in [1.165, 1.54) is 0 Å². The highest BCUT2D eigenvalue weighted by atomic mass is 16.2. The normalized spacial score (nSPS) is 19.0. The molecule has 0 spiro atoms. The molecule has 0 saturated heterocycles. The Labute approximate surface area is 126 Å². The number of allylic oxidation sites excluding steroid dienone is 5. The van der Waals surface area contributed by atoms with E-state index in [1.807, 2.05) is 55.5 Å². The Bertz CT molecular complexity index is 611. The van der Waals surface area contributed by atoms with Crippen LogP contribution in [-0.4, -0.2) is 16.6 Å². The first-order valence-corrected chi connectivity index (χ1v) is 7.05. The van der Waals surface area contributed by atoms with Gasteiger partial charge in [0, 0.05) is 13.3 Å². The second-order valence-electron chi connectivity index (χ2n) is 4.89. The summed E-state index contributed by atoms with van der Waals surface area (Å²) in [5.41, 5.74) is 2.95. The van der Waals surface area contributed by atoms with Crippen molar-refractivity contribution in [2.24, 2.45) is 5.10 Å². The van der Waals surface area contributed by atoms with Gasteiger partial charge in [-0.3, -0.25) is 4.79 Å². The summed E-state index contributed by atoms with van der Waals surface area (Å²) in [6.45, 7) is 7.35. The average molecular weight is 280 g/mol. The molecule has 3 nitrogen and oxygen atoms in total. The van der Waals surface area contributed by atoms with Gasteiger partial charge in [0.15, 0.2) is 0 Å². The zero-order chi connectivity index (χ0) is 15.2. The van der Waals surface area contributed by atoms with Crippen LogP contribution in [0.3, 0.4) is 0 Å². The van der Waals surface area contributed by atoms with Gasteiger partial charge in [-0.1, -0.05) is 61.2 Å². The Balaban J connectivity index is 2.33. The van der Waals surface area contributed by atoms with Gasteiger partial charge in [0.1, 0.15) is 0 Å². The van der Waals surface area contributed by atoms with Crippen molar-refractivity contribution in [3.05, 3.63) is 72.4 Å². The molecular weight excluding hydrogens is 260 g/mol. The Hall–Kier alpha value is -2.42. The van der Waals surface area contributed by atoms with E-state index in [1.54, 1.807) is 18.0 Å². The van der Waals surface area contributed by atoms with Crippen LogP contribution in [0.5, 0.6) is 0 Å². The van der Waals surface area contributed by atoms with E-state index in [0.717, 1.165) is 16.8 Å². The molecule has 2 rings (SSSR count). The van der Waals surface area contributed by atoms with Crippen LogP contribution in [-0.2, 0) is 4.79 Å². The summed E-state index contributed by atoms with van der Waals surface area (Å²) in [6.07, 6.45) is 8.37. The number of carbonyl (C=O) groups is 1. The van der Waals surface area contributed by atoms with Crippen molar-refractivity contribution in [3.8, 4) is 0 Å². The van der Waals surface area contributed by atoms with Gasteiger partial charge in [0.25, 0.3) is 0 Å². The van der Waals surface area contributed by atoms with Gasteiger partial charge < -0.3 is 0 Å². The van der Waals surface area contributed by atoms with Gasteiger partial charge in [0.05, 0.1) is 11.8 Å². The molecule has 0 fully saturated rings. The summed E-state index contributed by atoms with van der Waals surface area (Å²) in [6, 6.07) is 9.96.